The number of amides is 1. The van der Waals surface area contributed by atoms with E-state index in [0.717, 1.165) is 25.0 Å². The van der Waals surface area contributed by atoms with Gasteiger partial charge in [-0.15, -0.1) is 10.2 Å². The second kappa shape index (κ2) is 5.79. The van der Waals surface area contributed by atoms with E-state index in [1.165, 1.54) is 0 Å². The van der Waals surface area contributed by atoms with Gasteiger partial charge in [-0.05, 0) is 25.3 Å². The summed E-state index contributed by atoms with van der Waals surface area (Å²) in [5, 5.41) is 16.0. The van der Waals surface area contributed by atoms with Crippen molar-refractivity contribution in [3.05, 3.63) is 36.7 Å². The number of nitrogens with one attached hydrogen (secondary N) is 1. The maximum atomic E-state index is 12.7. The van der Waals surface area contributed by atoms with Crippen molar-refractivity contribution in [2.24, 2.45) is 7.05 Å². The molecule has 9 nitrogen and oxygen atoms in total. The van der Waals surface area contributed by atoms with Crippen molar-refractivity contribution in [2.45, 2.75) is 43.8 Å². The van der Waals surface area contributed by atoms with Crippen LogP contribution >= 0.6 is 0 Å². The Balaban J connectivity index is 1.54. The second-order valence-electron chi connectivity index (χ2n) is 6.98. The summed E-state index contributed by atoms with van der Waals surface area (Å²) >= 11 is 0. The van der Waals surface area contributed by atoms with Crippen LogP contribution in [0.25, 0.3) is 5.65 Å². The Labute approximate surface area is 150 Å². The van der Waals surface area contributed by atoms with Gasteiger partial charge >= 0.3 is 0 Å². The largest absolute Gasteiger partial charge is 0.362 e. The molecule has 1 saturated carbocycles. The molecular weight excluding hydrogens is 332 g/mol. The van der Waals surface area contributed by atoms with E-state index < -0.39 is 0 Å². The number of hydrogen-bond acceptors (Lipinski definition) is 6. The van der Waals surface area contributed by atoms with Crippen molar-refractivity contribution >= 4 is 17.4 Å². The van der Waals surface area contributed by atoms with Crippen LogP contribution in [-0.2, 0) is 11.8 Å². The molecule has 26 heavy (non-hydrogen) atoms. The fourth-order valence-corrected chi connectivity index (χ4v) is 3.91. The first-order valence-corrected chi connectivity index (χ1v) is 8.92. The smallest absolute Gasteiger partial charge is 0.223 e. The molecule has 2 aliphatic rings. The third-order valence-corrected chi connectivity index (χ3v) is 5.28. The monoisotopic (exact) mass is 352 g/mol. The fourth-order valence-electron chi connectivity index (χ4n) is 3.91. The number of carbonyl (C=O) groups is 1. The van der Waals surface area contributed by atoms with Crippen LogP contribution in [0.15, 0.2) is 31.0 Å². The van der Waals surface area contributed by atoms with Gasteiger partial charge in [-0.25, -0.2) is 4.98 Å². The number of aryl methyl sites for hydroxylation is 1. The van der Waals surface area contributed by atoms with E-state index in [0.29, 0.717) is 23.9 Å². The van der Waals surface area contributed by atoms with Gasteiger partial charge in [-0.3, -0.25) is 13.9 Å². The van der Waals surface area contributed by atoms with Gasteiger partial charge in [0.25, 0.3) is 0 Å². The Bertz CT molecular complexity index is 958. The highest BCUT2D eigenvalue weighted by Gasteiger charge is 2.45. The van der Waals surface area contributed by atoms with Gasteiger partial charge in [-0.2, -0.15) is 5.10 Å². The van der Waals surface area contributed by atoms with Gasteiger partial charge < -0.3 is 10.2 Å². The first kappa shape index (κ1) is 15.3. The Morgan fingerprint density at radius 2 is 2.12 bits per heavy atom. The summed E-state index contributed by atoms with van der Waals surface area (Å²) in [7, 11) is 1.92. The summed E-state index contributed by atoms with van der Waals surface area (Å²) < 4.78 is 3.69. The predicted octanol–water partition coefficient (Wildman–Crippen LogP) is 1.16. The lowest BCUT2D eigenvalue weighted by molar-refractivity contribution is -0.138. The Kier molecular flexibility index (Phi) is 3.41. The zero-order valence-electron chi connectivity index (χ0n) is 14.5. The molecule has 1 N–H and O–H groups in total. The maximum Gasteiger partial charge on any atom is 0.223 e. The van der Waals surface area contributed by atoms with E-state index in [-0.39, 0.29) is 18.0 Å². The first-order valence-electron chi connectivity index (χ1n) is 8.92. The third-order valence-electron chi connectivity index (χ3n) is 5.28. The van der Waals surface area contributed by atoms with Crippen molar-refractivity contribution < 1.29 is 4.79 Å². The lowest BCUT2D eigenvalue weighted by Gasteiger charge is -2.41. The van der Waals surface area contributed by atoms with Gasteiger partial charge in [0.15, 0.2) is 5.82 Å². The van der Waals surface area contributed by atoms with Crippen LogP contribution in [0.2, 0.25) is 0 Å². The van der Waals surface area contributed by atoms with E-state index in [1.54, 1.807) is 18.7 Å². The van der Waals surface area contributed by atoms with Gasteiger partial charge in [0.2, 0.25) is 11.6 Å². The number of fused-ring (bicyclic) bond motifs is 1. The standard InChI is InChI=1S/C17H20N8O/c1-23-13(6-7-20-23)15-12(4-5-14(26)25(15)11-2-3-11)21-16-17-22-19-10-24(17)9-8-18-16/h6-12,15H,2-5H2,1H3,(H,18,21)/t12-,15-/m1/s1. The number of hydrogen-bond donors (Lipinski definition) is 1. The molecule has 1 saturated heterocycles. The molecule has 1 aliphatic carbocycles. The zero-order valence-corrected chi connectivity index (χ0v) is 14.5. The number of piperidine rings is 1. The first-order chi connectivity index (χ1) is 12.7. The molecule has 134 valence electrons. The van der Waals surface area contributed by atoms with E-state index in [1.807, 2.05) is 28.4 Å². The number of rotatable bonds is 4. The highest BCUT2D eigenvalue weighted by atomic mass is 16.2. The van der Waals surface area contributed by atoms with E-state index >= 15 is 0 Å². The van der Waals surface area contributed by atoms with Crippen LogP contribution in [0.5, 0.6) is 0 Å². The van der Waals surface area contributed by atoms with Crippen molar-refractivity contribution in [1.82, 2.24) is 34.3 Å². The number of carbonyl (C=O) groups excluding carboxylic acids is 1. The molecule has 0 spiro atoms. The molecule has 3 aromatic rings. The number of likely N-dealkylation sites (tertiary alicyclic amines) is 1. The van der Waals surface area contributed by atoms with Crippen LogP contribution < -0.4 is 5.32 Å². The molecule has 3 aromatic heterocycles. The molecular formula is C17H20N8O. The average molecular weight is 352 g/mol. The lowest BCUT2D eigenvalue weighted by atomic mass is 9.92. The van der Waals surface area contributed by atoms with E-state index in [9.17, 15) is 4.79 Å². The average Bonchev–Trinajstić information content (AvgIpc) is 3.19. The molecule has 4 heterocycles. The minimum Gasteiger partial charge on any atom is -0.362 e. The molecule has 1 amide bonds. The van der Waals surface area contributed by atoms with Gasteiger partial charge in [0, 0.05) is 38.1 Å². The van der Waals surface area contributed by atoms with Crippen LogP contribution in [0.4, 0.5) is 5.82 Å². The van der Waals surface area contributed by atoms with Crippen LogP contribution in [0.1, 0.15) is 37.4 Å². The van der Waals surface area contributed by atoms with Crippen LogP contribution in [0, 0.1) is 0 Å². The molecule has 2 fully saturated rings. The minimum atomic E-state index is -0.0683. The zero-order chi connectivity index (χ0) is 17.7. The summed E-state index contributed by atoms with van der Waals surface area (Å²) in [4.78, 5) is 19.2. The molecule has 5 rings (SSSR count). The van der Waals surface area contributed by atoms with Crippen molar-refractivity contribution in [2.75, 3.05) is 5.32 Å². The fraction of sp³-hybridized carbons (Fsp3) is 0.471. The van der Waals surface area contributed by atoms with E-state index in [4.69, 9.17) is 0 Å². The van der Waals surface area contributed by atoms with Gasteiger partial charge in [0.1, 0.15) is 6.33 Å². The third kappa shape index (κ3) is 2.42. The topological polar surface area (TPSA) is 93.2 Å². The highest BCUT2D eigenvalue weighted by molar-refractivity contribution is 5.79. The molecule has 0 unspecified atom stereocenters. The minimum absolute atomic E-state index is 0.0408. The Hall–Kier alpha value is -2.97. The van der Waals surface area contributed by atoms with E-state index in [2.05, 4.69) is 30.5 Å². The molecule has 1 aliphatic heterocycles. The second-order valence-corrected chi connectivity index (χ2v) is 6.98. The maximum absolute atomic E-state index is 12.7. The Morgan fingerprint density at radius 1 is 1.23 bits per heavy atom. The summed E-state index contributed by atoms with van der Waals surface area (Å²) in [5.74, 6) is 0.914. The summed E-state index contributed by atoms with van der Waals surface area (Å²) in [6.07, 6.45) is 10.4. The van der Waals surface area contributed by atoms with Crippen molar-refractivity contribution in [1.29, 1.82) is 0 Å². The highest BCUT2D eigenvalue weighted by Crippen LogP contribution is 2.41. The van der Waals surface area contributed by atoms with Crippen LogP contribution in [0.3, 0.4) is 0 Å². The normalized spacial score (nSPS) is 23.6. The SMILES string of the molecule is Cn1nccc1[C@H]1[C@H](Nc2nccn3cnnc23)CCC(=O)N1C1CC1. The summed E-state index contributed by atoms with van der Waals surface area (Å²) in [5.41, 5.74) is 1.72. The number of aromatic nitrogens is 6. The molecule has 9 heteroatoms. The predicted molar refractivity (Wildman–Crippen MR) is 93.2 cm³/mol. The van der Waals surface area contributed by atoms with Crippen molar-refractivity contribution in [3.8, 4) is 0 Å². The molecule has 0 radical (unpaired) electrons. The quantitative estimate of drug-likeness (QED) is 0.757. The lowest BCUT2D eigenvalue weighted by Crippen LogP contribution is -2.50. The molecule has 0 bridgehead atoms. The number of nitrogens with zero attached hydrogens (tertiary/aromatic N) is 7. The van der Waals surface area contributed by atoms with Crippen molar-refractivity contribution in [3.63, 3.8) is 0 Å². The number of anilines is 1. The summed E-state index contributed by atoms with van der Waals surface area (Å²) in [6.45, 7) is 0. The summed E-state index contributed by atoms with van der Waals surface area (Å²) in [6, 6.07) is 2.31. The molecule has 2 atom stereocenters. The van der Waals surface area contributed by atoms with Crippen LogP contribution in [-0.4, -0.2) is 52.3 Å². The Morgan fingerprint density at radius 3 is 2.88 bits per heavy atom. The van der Waals surface area contributed by atoms with Gasteiger partial charge in [0.05, 0.1) is 17.8 Å². The van der Waals surface area contributed by atoms with Gasteiger partial charge in [-0.1, -0.05) is 0 Å². The molecule has 0 aromatic carbocycles.